The van der Waals surface area contributed by atoms with Gasteiger partial charge in [0.2, 0.25) is 23.6 Å². The molecule has 12 nitrogen and oxygen atoms in total. The Morgan fingerprint density at radius 2 is 0.868 bits per heavy atom. The van der Waals surface area contributed by atoms with Crippen LogP contribution in [0.5, 0.6) is 0 Å². The van der Waals surface area contributed by atoms with Gasteiger partial charge in [-0.2, -0.15) is 0 Å². The van der Waals surface area contributed by atoms with Gasteiger partial charge in [0.05, 0.1) is 0 Å². The van der Waals surface area contributed by atoms with Crippen molar-refractivity contribution in [1.82, 2.24) is 21.3 Å². The van der Waals surface area contributed by atoms with Gasteiger partial charge in [0, 0.05) is 38.8 Å². The van der Waals surface area contributed by atoms with Crippen molar-refractivity contribution >= 4 is 35.6 Å². The van der Waals surface area contributed by atoms with Gasteiger partial charge in [0.25, 0.3) is 0 Å². The summed E-state index contributed by atoms with van der Waals surface area (Å²) in [6, 6.07) is -1.37. The Bertz CT molecular complexity index is 721. The highest BCUT2D eigenvalue weighted by Gasteiger charge is 2.24. The van der Waals surface area contributed by atoms with Crippen LogP contribution in [0.25, 0.3) is 0 Å². The van der Waals surface area contributed by atoms with Crippen LogP contribution in [0, 0.1) is 11.8 Å². The maximum atomic E-state index is 12.5. The summed E-state index contributed by atoms with van der Waals surface area (Å²) in [6.45, 7) is 8.20. The number of carbonyl (C=O) groups is 6. The third kappa shape index (κ3) is 17.3. The topological polar surface area (TPSA) is 191 Å². The lowest BCUT2D eigenvalue weighted by Gasteiger charge is -2.22. The second-order valence-corrected chi connectivity index (χ2v) is 10.1. The number of hydrogen-bond acceptors (Lipinski definition) is 6. The SMILES string of the molecule is CC(C)[C@H](NC(=O)CCCC(=O)O)C(=O)NCCCCCCNC(=O)[C@@H](NC(=O)CCCC(=O)O)C(C)C. The van der Waals surface area contributed by atoms with Gasteiger partial charge in [-0.25, -0.2) is 0 Å². The van der Waals surface area contributed by atoms with Crippen LogP contribution in [0.4, 0.5) is 0 Å². The number of carbonyl (C=O) groups excluding carboxylic acids is 4. The molecule has 218 valence electrons. The summed E-state index contributed by atoms with van der Waals surface area (Å²) >= 11 is 0. The molecule has 38 heavy (non-hydrogen) atoms. The van der Waals surface area contributed by atoms with E-state index in [2.05, 4.69) is 21.3 Å². The Hall–Kier alpha value is -3.18. The second-order valence-electron chi connectivity index (χ2n) is 10.1. The molecule has 0 aliphatic heterocycles. The van der Waals surface area contributed by atoms with Gasteiger partial charge in [-0.05, 0) is 37.5 Å². The Balaban J connectivity index is 4.19. The Morgan fingerprint density at radius 3 is 1.16 bits per heavy atom. The molecule has 0 rings (SSSR count). The fourth-order valence-electron chi connectivity index (χ4n) is 3.61. The van der Waals surface area contributed by atoms with Gasteiger partial charge >= 0.3 is 11.9 Å². The van der Waals surface area contributed by atoms with Crippen LogP contribution in [0.15, 0.2) is 0 Å². The minimum atomic E-state index is -0.965. The van der Waals surface area contributed by atoms with Gasteiger partial charge in [-0.1, -0.05) is 40.5 Å². The smallest absolute Gasteiger partial charge is 0.303 e. The lowest BCUT2D eigenvalue weighted by atomic mass is 10.0. The average molecular weight is 543 g/mol. The third-order valence-electron chi connectivity index (χ3n) is 5.82. The quantitative estimate of drug-likeness (QED) is 0.118. The van der Waals surface area contributed by atoms with E-state index in [-0.39, 0.29) is 74.0 Å². The van der Waals surface area contributed by atoms with E-state index in [1.54, 1.807) is 0 Å². The van der Waals surface area contributed by atoms with E-state index in [4.69, 9.17) is 10.2 Å². The number of hydrogen-bond donors (Lipinski definition) is 6. The summed E-state index contributed by atoms with van der Waals surface area (Å²) < 4.78 is 0. The van der Waals surface area contributed by atoms with Crippen LogP contribution >= 0.6 is 0 Å². The fourth-order valence-corrected chi connectivity index (χ4v) is 3.61. The molecule has 0 saturated carbocycles. The van der Waals surface area contributed by atoms with Gasteiger partial charge in [0.15, 0.2) is 0 Å². The number of aliphatic carboxylic acids is 2. The van der Waals surface area contributed by atoms with Crippen LogP contribution in [-0.4, -0.2) is 71.0 Å². The van der Waals surface area contributed by atoms with E-state index in [1.165, 1.54) is 0 Å². The van der Waals surface area contributed by atoms with Crippen molar-refractivity contribution in [1.29, 1.82) is 0 Å². The Kier molecular flexibility index (Phi) is 18.2. The van der Waals surface area contributed by atoms with Crippen molar-refractivity contribution in [2.75, 3.05) is 13.1 Å². The first-order chi connectivity index (χ1) is 17.8. The van der Waals surface area contributed by atoms with Crippen molar-refractivity contribution in [3.63, 3.8) is 0 Å². The van der Waals surface area contributed by atoms with E-state index in [1.807, 2.05) is 27.7 Å². The third-order valence-corrected chi connectivity index (χ3v) is 5.82. The van der Waals surface area contributed by atoms with Crippen molar-refractivity contribution in [2.45, 2.75) is 104 Å². The van der Waals surface area contributed by atoms with Crippen LogP contribution < -0.4 is 21.3 Å². The first-order valence-corrected chi connectivity index (χ1v) is 13.4. The highest BCUT2D eigenvalue weighted by Crippen LogP contribution is 2.06. The fraction of sp³-hybridized carbons (Fsp3) is 0.769. The van der Waals surface area contributed by atoms with Crippen LogP contribution in [0.1, 0.15) is 91.9 Å². The van der Waals surface area contributed by atoms with E-state index in [0.29, 0.717) is 13.1 Å². The number of unbranched alkanes of at least 4 members (excludes halogenated alkanes) is 3. The zero-order valence-electron chi connectivity index (χ0n) is 23.1. The standard InChI is InChI=1S/C26H46N4O8/c1-17(2)23(29-19(31)11-9-13-21(33)34)25(37)27-15-7-5-6-8-16-28-26(38)24(18(3)4)30-20(32)12-10-14-22(35)36/h17-18,23-24H,5-16H2,1-4H3,(H,27,37)(H,28,38)(H,29,31)(H,30,32)(H,33,34)(H,35,36)/t23-,24-/m0/s1. The van der Waals surface area contributed by atoms with E-state index in [0.717, 1.165) is 25.7 Å². The molecule has 0 bridgehead atoms. The van der Waals surface area contributed by atoms with E-state index in [9.17, 15) is 28.8 Å². The first kappa shape index (κ1) is 34.8. The summed E-state index contributed by atoms with van der Waals surface area (Å²) in [7, 11) is 0. The van der Waals surface area contributed by atoms with Crippen LogP contribution in [-0.2, 0) is 28.8 Å². The zero-order chi connectivity index (χ0) is 29.1. The highest BCUT2D eigenvalue weighted by molar-refractivity contribution is 5.88. The van der Waals surface area contributed by atoms with Crippen molar-refractivity contribution in [3.05, 3.63) is 0 Å². The molecule has 0 aliphatic rings. The number of nitrogens with one attached hydrogen (secondary N) is 4. The highest BCUT2D eigenvalue weighted by atomic mass is 16.4. The van der Waals surface area contributed by atoms with Gasteiger partial charge < -0.3 is 31.5 Å². The molecule has 0 aromatic rings. The number of amides is 4. The second kappa shape index (κ2) is 19.9. The first-order valence-electron chi connectivity index (χ1n) is 13.4. The Labute approximate surface area is 225 Å². The van der Waals surface area contributed by atoms with Gasteiger partial charge in [0.1, 0.15) is 12.1 Å². The number of carboxylic acid groups (broad SMARTS) is 2. The summed E-state index contributed by atoms with van der Waals surface area (Å²) in [5, 5.41) is 28.3. The minimum absolute atomic E-state index is 0.0520. The largest absolute Gasteiger partial charge is 0.481 e. The summed E-state index contributed by atoms with van der Waals surface area (Å²) in [5.74, 6) is -3.41. The predicted molar refractivity (Wildman–Crippen MR) is 141 cm³/mol. The van der Waals surface area contributed by atoms with Gasteiger partial charge in [-0.15, -0.1) is 0 Å². The molecule has 12 heteroatoms. The monoisotopic (exact) mass is 542 g/mol. The lowest BCUT2D eigenvalue weighted by molar-refractivity contribution is -0.138. The predicted octanol–water partition coefficient (Wildman–Crippen LogP) is 1.57. The molecule has 0 aromatic heterocycles. The molecule has 0 unspecified atom stereocenters. The molecule has 6 N–H and O–H groups in total. The van der Waals surface area contributed by atoms with Crippen molar-refractivity contribution in [3.8, 4) is 0 Å². The van der Waals surface area contributed by atoms with E-state index < -0.39 is 24.0 Å². The molecule has 0 fully saturated rings. The molecule has 0 aromatic carbocycles. The number of carboxylic acids is 2. The molecule has 0 saturated heterocycles. The summed E-state index contributed by atoms with van der Waals surface area (Å²) in [5.41, 5.74) is 0. The Morgan fingerprint density at radius 1 is 0.526 bits per heavy atom. The minimum Gasteiger partial charge on any atom is -0.481 e. The lowest BCUT2D eigenvalue weighted by Crippen LogP contribution is -2.50. The van der Waals surface area contributed by atoms with Crippen molar-refractivity contribution < 1.29 is 39.0 Å². The molecule has 2 atom stereocenters. The van der Waals surface area contributed by atoms with Gasteiger partial charge in [-0.3, -0.25) is 28.8 Å². The molecule has 0 radical (unpaired) electrons. The maximum Gasteiger partial charge on any atom is 0.303 e. The maximum absolute atomic E-state index is 12.5. The normalized spacial score (nSPS) is 12.5. The number of rotatable bonds is 21. The molecular weight excluding hydrogens is 496 g/mol. The zero-order valence-corrected chi connectivity index (χ0v) is 23.1. The molecule has 4 amide bonds. The summed E-state index contributed by atoms with van der Waals surface area (Å²) in [6.07, 6.45) is 3.48. The molecule has 0 heterocycles. The van der Waals surface area contributed by atoms with Crippen LogP contribution in [0.3, 0.4) is 0 Å². The summed E-state index contributed by atoms with van der Waals surface area (Å²) in [4.78, 5) is 70.1. The van der Waals surface area contributed by atoms with E-state index >= 15 is 0 Å². The molecular formula is C26H46N4O8. The average Bonchev–Trinajstić information content (AvgIpc) is 2.81. The van der Waals surface area contributed by atoms with Crippen molar-refractivity contribution in [2.24, 2.45) is 11.8 Å². The molecule has 0 aliphatic carbocycles. The molecule has 0 spiro atoms. The van der Waals surface area contributed by atoms with Crippen LogP contribution in [0.2, 0.25) is 0 Å².